The third-order valence-corrected chi connectivity index (χ3v) is 5.95. The van der Waals surface area contributed by atoms with E-state index in [4.69, 9.17) is 9.47 Å². The Morgan fingerprint density at radius 2 is 1.73 bits per heavy atom. The van der Waals surface area contributed by atoms with Gasteiger partial charge < -0.3 is 19.5 Å². The average Bonchev–Trinajstić information content (AvgIpc) is 2.56. The van der Waals surface area contributed by atoms with Gasteiger partial charge in [-0.15, -0.1) is 0 Å². The van der Waals surface area contributed by atoms with Crippen molar-refractivity contribution in [2.75, 3.05) is 59.1 Å². The number of hydrogen-bond donors (Lipinski definition) is 1. The molecule has 1 N–H and O–H groups in total. The Morgan fingerprint density at radius 1 is 1.09 bits per heavy atom. The summed E-state index contributed by atoms with van der Waals surface area (Å²) in [5.41, 5.74) is 0.0662. The van der Waals surface area contributed by atoms with Gasteiger partial charge in [0.2, 0.25) is 0 Å². The lowest BCUT2D eigenvalue weighted by Gasteiger charge is -2.56. The molecule has 1 saturated carbocycles. The van der Waals surface area contributed by atoms with Crippen molar-refractivity contribution >= 4 is 0 Å². The van der Waals surface area contributed by atoms with E-state index >= 15 is 0 Å². The number of piperidine rings is 1. The van der Waals surface area contributed by atoms with Crippen molar-refractivity contribution in [3.8, 4) is 0 Å². The van der Waals surface area contributed by atoms with Gasteiger partial charge in [0.25, 0.3) is 0 Å². The minimum absolute atomic E-state index is 0.0662. The smallest absolute Gasteiger partial charge is 0.0681 e. The summed E-state index contributed by atoms with van der Waals surface area (Å²) in [7, 11) is 0. The van der Waals surface area contributed by atoms with E-state index in [-0.39, 0.29) is 11.5 Å². The van der Waals surface area contributed by atoms with Gasteiger partial charge in [0, 0.05) is 31.5 Å². The lowest BCUT2D eigenvalue weighted by molar-refractivity contribution is -0.209. The Kier molecular flexibility index (Phi) is 5.74. The van der Waals surface area contributed by atoms with Crippen LogP contribution >= 0.6 is 0 Å². The van der Waals surface area contributed by atoms with Gasteiger partial charge in [-0.2, -0.15) is 0 Å². The Balaban J connectivity index is 1.36. The number of nitrogens with zero attached hydrogens (tertiary/aromatic N) is 2. The molecule has 3 aliphatic rings. The average molecular weight is 312 g/mol. The van der Waals surface area contributed by atoms with Crippen molar-refractivity contribution < 1.29 is 14.6 Å². The number of aliphatic hydroxyl groups excluding tert-OH is 1. The summed E-state index contributed by atoms with van der Waals surface area (Å²) in [6.07, 6.45) is 4.42. The first kappa shape index (κ1) is 16.7. The molecule has 1 spiro atoms. The Hall–Kier alpha value is -0.200. The molecule has 0 aromatic heterocycles. The maximum absolute atomic E-state index is 10.2. The number of ether oxygens (including phenoxy) is 2. The summed E-state index contributed by atoms with van der Waals surface area (Å²) >= 11 is 0. The Morgan fingerprint density at radius 3 is 2.32 bits per heavy atom. The van der Waals surface area contributed by atoms with Crippen LogP contribution in [-0.2, 0) is 9.47 Å². The van der Waals surface area contributed by atoms with Crippen LogP contribution in [0.1, 0.15) is 32.6 Å². The van der Waals surface area contributed by atoms with Crippen LogP contribution in [0.4, 0.5) is 0 Å². The molecule has 2 aliphatic heterocycles. The number of rotatable bonds is 6. The topological polar surface area (TPSA) is 45.2 Å². The summed E-state index contributed by atoms with van der Waals surface area (Å²) < 4.78 is 11.2. The zero-order chi connectivity index (χ0) is 15.4. The van der Waals surface area contributed by atoms with Crippen molar-refractivity contribution in [3.05, 3.63) is 0 Å². The van der Waals surface area contributed by atoms with E-state index in [0.29, 0.717) is 6.10 Å². The van der Waals surface area contributed by atoms with E-state index < -0.39 is 0 Å². The van der Waals surface area contributed by atoms with Gasteiger partial charge in [0.05, 0.1) is 25.4 Å². The van der Waals surface area contributed by atoms with Gasteiger partial charge >= 0.3 is 0 Å². The number of aliphatic hydroxyl groups is 1. The largest absolute Gasteiger partial charge is 0.392 e. The third kappa shape index (κ3) is 3.49. The minimum atomic E-state index is -0.139. The van der Waals surface area contributed by atoms with Crippen molar-refractivity contribution in [1.82, 2.24) is 9.80 Å². The summed E-state index contributed by atoms with van der Waals surface area (Å²) in [5.74, 6) is 0. The number of hydrogen-bond acceptors (Lipinski definition) is 5. The number of likely N-dealkylation sites (tertiary alicyclic amines) is 1. The van der Waals surface area contributed by atoms with Crippen LogP contribution in [0.15, 0.2) is 0 Å². The molecule has 22 heavy (non-hydrogen) atoms. The lowest BCUT2D eigenvalue weighted by Crippen LogP contribution is -2.62. The molecule has 3 fully saturated rings. The molecule has 3 rings (SSSR count). The van der Waals surface area contributed by atoms with Crippen molar-refractivity contribution in [3.63, 3.8) is 0 Å². The van der Waals surface area contributed by atoms with Gasteiger partial charge in [0.1, 0.15) is 0 Å². The molecule has 128 valence electrons. The quantitative estimate of drug-likeness (QED) is 0.791. The molecule has 5 nitrogen and oxygen atoms in total. The molecule has 2 saturated heterocycles. The first-order valence-electron chi connectivity index (χ1n) is 9.07. The van der Waals surface area contributed by atoms with E-state index in [1.165, 1.54) is 19.5 Å². The fourth-order valence-electron chi connectivity index (χ4n) is 4.35. The van der Waals surface area contributed by atoms with Crippen molar-refractivity contribution in [2.45, 2.75) is 44.8 Å². The summed E-state index contributed by atoms with van der Waals surface area (Å²) in [6.45, 7) is 11.4. The van der Waals surface area contributed by atoms with Crippen LogP contribution in [0, 0.1) is 5.41 Å². The third-order valence-electron chi connectivity index (χ3n) is 5.95. The number of morpholine rings is 1. The highest BCUT2D eigenvalue weighted by molar-refractivity contribution is 5.06. The first-order chi connectivity index (χ1) is 10.7. The van der Waals surface area contributed by atoms with E-state index in [1.807, 2.05) is 0 Å². The summed E-state index contributed by atoms with van der Waals surface area (Å²) in [4.78, 5) is 5.08. The minimum Gasteiger partial charge on any atom is -0.392 e. The maximum atomic E-state index is 10.2. The molecular formula is C17H32N2O3. The van der Waals surface area contributed by atoms with Crippen molar-refractivity contribution in [2.24, 2.45) is 5.41 Å². The zero-order valence-electron chi connectivity index (χ0n) is 14.0. The van der Waals surface area contributed by atoms with E-state index in [1.54, 1.807) is 0 Å². The Bertz CT molecular complexity index is 337. The molecule has 2 unspecified atom stereocenters. The Labute approximate surface area is 134 Å². The molecule has 2 atom stereocenters. The molecule has 2 heterocycles. The fraction of sp³-hybridized carbons (Fsp3) is 1.00. The molecular weight excluding hydrogens is 280 g/mol. The van der Waals surface area contributed by atoms with Gasteiger partial charge in [-0.25, -0.2) is 0 Å². The molecule has 0 bridgehead atoms. The predicted octanol–water partition coefficient (Wildman–Crippen LogP) is 0.961. The van der Waals surface area contributed by atoms with Crippen LogP contribution < -0.4 is 0 Å². The van der Waals surface area contributed by atoms with Gasteiger partial charge in [0.15, 0.2) is 0 Å². The predicted molar refractivity (Wildman–Crippen MR) is 86.0 cm³/mol. The van der Waals surface area contributed by atoms with Crippen LogP contribution in [0.2, 0.25) is 0 Å². The van der Waals surface area contributed by atoms with Crippen LogP contribution in [-0.4, -0.2) is 86.2 Å². The molecule has 0 radical (unpaired) electrons. The second kappa shape index (κ2) is 7.58. The first-order valence-corrected chi connectivity index (χ1v) is 9.07. The second-order valence-corrected chi connectivity index (χ2v) is 7.08. The molecule has 0 amide bonds. The van der Waals surface area contributed by atoms with E-state index in [2.05, 4.69) is 16.7 Å². The van der Waals surface area contributed by atoms with E-state index in [9.17, 15) is 5.11 Å². The highest BCUT2D eigenvalue weighted by atomic mass is 16.5. The van der Waals surface area contributed by atoms with Gasteiger partial charge in [-0.3, -0.25) is 4.90 Å². The van der Waals surface area contributed by atoms with Crippen LogP contribution in [0.25, 0.3) is 0 Å². The summed E-state index contributed by atoms with van der Waals surface area (Å²) in [5, 5.41) is 10.2. The molecule has 0 aromatic carbocycles. The maximum Gasteiger partial charge on any atom is 0.0681 e. The monoisotopic (exact) mass is 312 g/mol. The summed E-state index contributed by atoms with van der Waals surface area (Å²) in [6, 6.07) is 0. The van der Waals surface area contributed by atoms with Crippen LogP contribution in [0.5, 0.6) is 0 Å². The second-order valence-electron chi connectivity index (χ2n) is 7.08. The highest BCUT2D eigenvalue weighted by Gasteiger charge is 2.55. The highest BCUT2D eigenvalue weighted by Crippen LogP contribution is 2.50. The molecule has 5 heteroatoms. The van der Waals surface area contributed by atoms with E-state index in [0.717, 1.165) is 65.3 Å². The van der Waals surface area contributed by atoms with Gasteiger partial charge in [-0.1, -0.05) is 0 Å². The fourth-order valence-corrected chi connectivity index (χ4v) is 4.35. The van der Waals surface area contributed by atoms with Crippen molar-refractivity contribution in [1.29, 1.82) is 0 Å². The zero-order valence-corrected chi connectivity index (χ0v) is 14.0. The van der Waals surface area contributed by atoms with Crippen LogP contribution in [0.3, 0.4) is 0 Å². The lowest BCUT2D eigenvalue weighted by atomic mass is 9.58. The molecule has 1 aliphatic carbocycles. The normalized spacial score (nSPS) is 33.0. The standard InChI is InChI=1S/C17H32N2O3/c1-2-22-16-14-15(20)17(16)4-8-18(9-5-17)6-3-7-19-10-12-21-13-11-19/h15-16,20H,2-14H2,1H3. The molecule has 0 aromatic rings. The SMILES string of the molecule is CCOC1CC(O)C12CCN(CCCN1CCOCC1)CC2. The van der Waals surface area contributed by atoms with Gasteiger partial charge in [-0.05, 0) is 52.4 Å².